The van der Waals surface area contributed by atoms with Gasteiger partial charge in [-0.05, 0) is 54.8 Å². The molecule has 0 bridgehead atoms. The number of esters is 1. The van der Waals surface area contributed by atoms with E-state index in [1.807, 2.05) is 56.3 Å². The molecule has 3 aromatic rings. The van der Waals surface area contributed by atoms with Crippen LogP contribution in [0.15, 0.2) is 42.5 Å². The van der Waals surface area contributed by atoms with Gasteiger partial charge in [-0.25, -0.2) is 0 Å². The van der Waals surface area contributed by atoms with Crippen LogP contribution in [0.25, 0.3) is 22.2 Å². The molecular formula is C20H19Cl2NO2. The number of rotatable bonds is 5. The third-order valence-corrected chi connectivity index (χ3v) is 4.71. The summed E-state index contributed by atoms with van der Waals surface area (Å²) >= 11 is 12.4. The van der Waals surface area contributed by atoms with Crippen LogP contribution in [-0.4, -0.2) is 17.6 Å². The van der Waals surface area contributed by atoms with E-state index in [0.717, 1.165) is 27.7 Å². The Balaban J connectivity index is 2.27. The van der Waals surface area contributed by atoms with Gasteiger partial charge in [-0.3, -0.25) is 4.79 Å². The van der Waals surface area contributed by atoms with Gasteiger partial charge in [0.25, 0.3) is 0 Å². The third kappa shape index (κ3) is 3.53. The predicted molar refractivity (Wildman–Crippen MR) is 103 cm³/mol. The molecule has 1 heterocycles. The second kappa shape index (κ2) is 7.51. The van der Waals surface area contributed by atoms with Gasteiger partial charge in [-0.15, -0.1) is 0 Å². The van der Waals surface area contributed by atoms with Crippen LogP contribution in [0.1, 0.15) is 31.7 Å². The van der Waals surface area contributed by atoms with E-state index in [1.165, 1.54) is 0 Å². The fraction of sp³-hybridized carbons (Fsp3) is 0.250. The van der Waals surface area contributed by atoms with Crippen LogP contribution in [-0.2, 0) is 9.53 Å². The number of benzene rings is 2. The van der Waals surface area contributed by atoms with Crippen molar-refractivity contribution in [1.29, 1.82) is 0 Å². The van der Waals surface area contributed by atoms with Crippen molar-refractivity contribution in [3.05, 3.63) is 58.1 Å². The smallest absolute Gasteiger partial charge is 0.313 e. The summed E-state index contributed by atoms with van der Waals surface area (Å²) in [6.45, 7) is 4.15. The van der Waals surface area contributed by atoms with Crippen molar-refractivity contribution in [2.45, 2.75) is 26.2 Å². The second-order valence-corrected chi connectivity index (χ2v) is 6.70. The number of halogens is 2. The molecule has 1 N–H and O–H groups in total. The average molecular weight is 376 g/mol. The molecule has 0 saturated carbocycles. The Morgan fingerprint density at radius 3 is 2.56 bits per heavy atom. The van der Waals surface area contributed by atoms with Gasteiger partial charge in [0.1, 0.15) is 0 Å². The first-order chi connectivity index (χ1) is 12.0. The number of fused-ring (bicyclic) bond motifs is 1. The van der Waals surface area contributed by atoms with E-state index in [-0.39, 0.29) is 11.9 Å². The maximum Gasteiger partial charge on any atom is 0.313 e. The monoisotopic (exact) mass is 375 g/mol. The summed E-state index contributed by atoms with van der Waals surface area (Å²) in [6, 6.07) is 13.2. The van der Waals surface area contributed by atoms with Crippen LogP contribution in [0.4, 0.5) is 0 Å². The lowest BCUT2D eigenvalue weighted by Crippen LogP contribution is -2.15. The van der Waals surface area contributed by atoms with Gasteiger partial charge in [-0.2, -0.15) is 0 Å². The largest absolute Gasteiger partial charge is 0.466 e. The maximum atomic E-state index is 12.6. The normalized spacial score (nSPS) is 12.3. The quantitative estimate of drug-likeness (QED) is 0.539. The van der Waals surface area contributed by atoms with Gasteiger partial charge in [0, 0.05) is 20.9 Å². The van der Waals surface area contributed by atoms with E-state index in [4.69, 9.17) is 27.9 Å². The molecule has 3 rings (SSSR count). The van der Waals surface area contributed by atoms with E-state index < -0.39 is 0 Å². The molecule has 25 heavy (non-hydrogen) atoms. The Kier molecular flexibility index (Phi) is 5.36. The SMILES string of the molecule is CCOC(=O)C(CC)c1c(-c2cccc(Cl)c2)[nH]c2ccc(Cl)cc12. The van der Waals surface area contributed by atoms with Crippen LogP contribution in [0.5, 0.6) is 0 Å². The Bertz CT molecular complexity index is 917. The minimum Gasteiger partial charge on any atom is -0.466 e. The zero-order valence-electron chi connectivity index (χ0n) is 14.1. The van der Waals surface area contributed by atoms with Gasteiger partial charge < -0.3 is 9.72 Å². The number of hydrogen-bond acceptors (Lipinski definition) is 2. The zero-order valence-corrected chi connectivity index (χ0v) is 15.6. The fourth-order valence-electron chi connectivity index (χ4n) is 3.15. The lowest BCUT2D eigenvalue weighted by atomic mass is 9.91. The summed E-state index contributed by atoms with van der Waals surface area (Å²) in [7, 11) is 0. The molecular weight excluding hydrogens is 357 g/mol. The number of carbonyl (C=O) groups is 1. The number of nitrogens with one attached hydrogen (secondary N) is 1. The van der Waals surface area contributed by atoms with Crippen LogP contribution < -0.4 is 0 Å². The number of H-pyrrole nitrogens is 1. The molecule has 3 nitrogen and oxygen atoms in total. The van der Waals surface area contributed by atoms with Crippen LogP contribution in [0.3, 0.4) is 0 Å². The van der Waals surface area contributed by atoms with Gasteiger partial charge >= 0.3 is 5.97 Å². The molecule has 0 spiro atoms. The van der Waals surface area contributed by atoms with Crippen LogP contribution >= 0.6 is 23.2 Å². The highest BCUT2D eigenvalue weighted by Crippen LogP contribution is 2.39. The van der Waals surface area contributed by atoms with Gasteiger partial charge in [0.2, 0.25) is 0 Å². The van der Waals surface area contributed by atoms with Crippen LogP contribution in [0.2, 0.25) is 10.0 Å². The van der Waals surface area contributed by atoms with E-state index >= 15 is 0 Å². The summed E-state index contributed by atoms with van der Waals surface area (Å²) in [6.07, 6.45) is 0.631. The van der Waals surface area contributed by atoms with Crippen molar-refractivity contribution >= 4 is 40.1 Å². The second-order valence-electron chi connectivity index (χ2n) is 5.83. The van der Waals surface area contributed by atoms with E-state index in [9.17, 15) is 4.79 Å². The highest BCUT2D eigenvalue weighted by Gasteiger charge is 2.27. The van der Waals surface area contributed by atoms with E-state index in [0.29, 0.717) is 23.1 Å². The first-order valence-corrected chi connectivity index (χ1v) is 9.04. The summed E-state index contributed by atoms with van der Waals surface area (Å²) in [5.74, 6) is -0.602. The predicted octanol–water partition coefficient (Wildman–Crippen LogP) is 6.20. The molecule has 5 heteroatoms. The lowest BCUT2D eigenvalue weighted by Gasteiger charge is -2.16. The summed E-state index contributed by atoms with van der Waals surface area (Å²) < 4.78 is 5.30. The zero-order chi connectivity index (χ0) is 18.0. The van der Waals surface area contributed by atoms with Crippen molar-refractivity contribution in [2.75, 3.05) is 6.61 Å². The molecule has 0 radical (unpaired) electrons. The van der Waals surface area contributed by atoms with Crippen molar-refractivity contribution in [3.8, 4) is 11.3 Å². The molecule has 130 valence electrons. The van der Waals surface area contributed by atoms with Crippen molar-refractivity contribution < 1.29 is 9.53 Å². The number of carbonyl (C=O) groups excluding carboxylic acids is 1. The first-order valence-electron chi connectivity index (χ1n) is 8.28. The van der Waals surface area contributed by atoms with E-state index in [1.54, 1.807) is 0 Å². The summed E-state index contributed by atoms with van der Waals surface area (Å²) in [5, 5.41) is 2.20. The number of aromatic amines is 1. The standard InChI is InChI=1S/C20H19Cl2NO2/c1-3-15(20(24)25-4-2)18-16-11-14(22)8-9-17(16)23-19(18)12-6-5-7-13(21)10-12/h5-11,15,23H,3-4H2,1-2H3. The Labute approximate surface area is 156 Å². The summed E-state index contributed by atoms with van der Waals surface area (Å²) in [5.41, 5.74) is 3.63. The molecule has 1 unspecified atom stereocenters. The Hall–Kier alpha value is -1.97. The van der Waals surface area contributed by atoms with Gasteiger partial charge in [0.05, 0.1) is 18.2 Å². The topological polar surface area (TPSA) is 42.1 Å². The molecule has 1 aromatic heterocycles. The lowest BCUT2D eigenvalue weighted by molar-refractivity contribution is -0.145. The number of hydrogen-bond donors (Lipinski definition) is 1. The average Bonchev–Trinajstić information content (AvgIpc) is 2.95. The number of ether oxygens (including phenoxy) is 1. The molecule has 0 aliphatic carbocycles. The Morgan fingerprint density at radius 1 is 1.12 bits per heavy atom. The minimum absolute atomic E-state index is 0.228. The van der Waals surface area contributed by atoms with Crippen molar-refractivity contribution in [2.24, 2.45) is 0 Å². The molecule has 0 fully saturated rings. The number of aromatic nitrogens is 1. The Morgan fingerprint density at radius 2 is 1.88 bits per heavy atom. The highest BCUT2D eigenvalue weighted by atomic mass is 35.5. The molecule has 0 aliphatic rings. The van der Waals surface area contributed by atoms with Crippen LogP contribution in [0, 0.1) is 0 Å². The van der Waals surface area contributed by atoms with Crippen molar-refractivity contribution in [1.82, 2.24) is 4.98 Å². The molecule has 0 saturated heterocycles. The third-order valence-electron chi connectivity index (χ3n) is 4.24. The van der Waals surface area contributed by atoms with Gasteiger partial charge in [0.15, 0.2) is 0 Å². The van der Waals surface area contributed by atoms with Gasteiger partial charge in [-0.1, -0.05) is 42.3 Å². The molecule has 1 atom stereocenters. The fourth-order valence-corrected chi connectivity index (χ4v) is 3.51. The minimum atomic E-state index is -0.374. The first kappa shape index (κ1) is 17.8. The van der Waals surface area contributed by atoms with E-state index in [2.05, 4.69) is 4.98 Å². The molecule has 0 aliphatic heterocycles. The summed E-state index contributed by atoms with van der Waals surface area (Å²) in [4.78, 5) is 16.0. The maximum absolute atomic E-state index is 12.6. The molecule has 0 amide bonds. The van der Waals surface area contributed by atoms with Crippen molar-refractivity contribution in [3.63, 3.8) is 0 Å². The highest BCUT2D eigenvalue weighted by molar-refractivity contribution is 6.31. The molecule has 2 aromatic carbocycles.